The number of hydrogen-bond acceptors (Lipinski definition) is 13. The van der Waals surface area contributed by atoms with Gasteiger partial charge in [-0.3, -0.25) is 57.5 Å². The van der Waals surface area contributed by atoms with Crippen molar-refractivity contribution in [1.29, 1.82) is 0 Å². The molecule has 0 aromatic carbocycles. The first-order valence-electron chi connectivity index (χ1n) is 31.4. The Kier molecular flexibility index (Phi) is 32.6. The lowest BCUT2D eigenvalue weighted by Gasteiger charge is -2.42. The van der Waals surface area contributed by atoms with Crippen LogP contribution in [0.3, 0.4) is 0 Å². The molecular formula is C64H113N11O13. The molecule has 1 rings (SSSR count). The largest absolute Gasteiger partial charge is 0.459 e. The SMILES string of the molecule is C/C=C\C[C@@H](C)[C@@H](OC(C)=O)[C@H]1C(=O)N[C@@H](CC)C(=O)N(C)CC(=O)N(C)[C@@H](CC(C)C)C(=O)N[C@@H](C(C)C)C(=O)N(C)[C@@H](CC(C)C)C(=O)N[C@@H](C)C(=O)N[C@H](C)C(=O)N(C)[C@@H](CC(C)C)C(=O)N(C)[C@@H](CC(C)C)C(=O)N(C)[C@@H](C(C)C)C(=O)N1C. The number of carbonyl (C=O) groups excluding carboxylic acids is 12. The molecule has 0 aliphatic carbocycles. The van der Waals surface area contributed by atoms with Crippen LogP contribution in [-0.4, -0.2) is 228 Å². The van der Waals surface area contributed by atoms with E-state index in [-0.39, 0.29) is 55.8 Å². The number of esters is 1. The van der Waals surface area contributed by atoms with Crippen LogP contribution < -0.4 is 21.3 Å². The molecule has 1 aliphatic rings. The molecule has 0 bridgehead atoms. The van der Waals surface area contributed by atoms with Crippen molar-refractivity contribution in [3.8, 4) is 0 Å². The molecule has 11 amide bonds. The summed E-state index contributed by atoms with van der Waals surface area (Å²) in [5, 5.41) is 11.0. The summed E-state index contributed by atoms with van der Waals surface area (Å²) in [5.41, 5.74) is 0. The van der Waals surface area contributed by atoms with Crippen molar-refractivity contribution in [3.63, 3.8) is 0 Å². The van der Waals surface area contributed by atoms with Crippen LogP contribution in [0.2, 0.25) is 0 Å². The fourth-order valence-electron chi connectivity index (χ4n) is 11.0. The van der Waals surface area contributed by atoms with Crippen molar-refractivity contribution in [3.05, 3.63) is 12.2 Å². The lowest BCUT2D eigenvalue weighted by Crippen LogP contribution is -2.64. The molecule has 88 heavy (non-hydrogen) atoms. The topological polar surface area (TPSA) is 285 Å². The lowest BCUT2D eigenvalue weighted by molar-refractivity contribution is -0.164. The van der Waals surface area contributed by atoms with Gasteiger partial charge < -0.3 is 60.3 Å². The minimum atomic E-state index is -1.61. The van der Waals surface area contributed by atoms with Gasteiger partial charge in [0.05, 0.1) is 6.54 Å². The maximum atomic E-state index is 15.4. The van der Waals surface area contributed by atoms with E-state index in [2.05, 4.69) is 21.3 Å². The number of ether oxygens (including phenoxy) is 1. The maximum absolute atomic E-state index is 15.4. The number of rotatable bonds is 16. The average molecular weight is 1240 g/mol. The molecule has 0 spiro atoms. The van der Waals surface area contributed by atoms with E-state index in [0.717, 1.165) is 9.80 Å². The number of allylic oxidation sites excluding steroid dienone is 2. The highest BCUT2D eigenvalue weighted by Crippen LogP contribution is 2.27. The van der Waals surface area contributed by atoms with Crippen LogP contribution in [-0.2, 0) is 62.3 Å². The van der Waals surface area contributed by atoms with Gasteiger partial charge in [0.1, 0.15) is 66.5 Å². The molecular weight excluding hydrogens is 1130 g/mol. The van der Waals surface area contributed by atoms with Gasteiger partial charge in [-0.25, -0.2) is 0 Å². The van der Waals surface area contributed by atoms with Crippen molar-refractivity contribution < 1.29 is 62.3 Å². The van der Waals surface area contributed by atoms with Crippen LogP contribution in [0.4, 0.5) is 0 Å². The quantitative estimate of drug-likeness (QED) is 0.126. The Hall–Kier alpha value is -6.62. The van der Waals surface area contributed by atoms with Crippen LogP contribution in [0.5, 0.6) is 0 Å². The highest BCUT2D eigenvalue weighted by Gasteiger charge is 2.47. The Balaban J connectivity index is 4.43. The van der Waals surface area contributed by atoms with Gasteiger partial charge in [0.2, 0.25) is 65.0 Å². The normalized spacial score (nSPS) is 26.3. The number of carbonyl (C=O) groups is 12. The Morgan fingerprint density at radius 1 is 0.489 bits per heavy atom. The van der Waals surface area contributed by atoms with E-state index in [1.165, 1.54) is 94.6 Å². The van der Waals surface area contributed by atoms with Gasteiger partial charge in [-0.1, -0.05) is 109 Å². The van der Waals surface area contributed by atoms with Crippen molar-refractivity contribution in [2.75, 3.05) is 55.9 Å². The number of likely N-dealkylation sites (N-methyl/N-ethyl adjacent to an activating group) is 7. The molecule has 0 aromatic rings. The van der Waals surface area contributed by atoms with E-state index in [9.17, 15) is 38.4 Å². The molecule has 1 aliphatic heterocycles. The van der Waals surface area contributed by atoms with E-state index in [1.54, 1.807) is 54.5 Å². The summed E-state index contributed by atoms with van der Waals surface area (Å²) in [7, 11) is 9.89. The third-order valence-corrected chi connectivity index (χ3v) is 16.3. The van der Waals surface area contributed by atoms with Crippen LogP contribution in [0.15, 0.2) is 12.2 Å². The van der Waals surface area contributed by atoms with Gasteiger partial charge in [-0.15, -0.1) is 0 Å². The first-order valence-corrected chi connectivity index (χ1v) is 31.4. The van der Waals surface area contributed by atoms with Gasteiger partial charge in [0.15, 0.2) is 0 Å². The Labute approximate surface area is 526 Å². The summed E-state index contributed by atoms with van der Waals surface area (Å²) >= 11 is 0. The number of nitrogens with one attached hydrogen (secondary N) is 4. The van der Waals surface area contributed by atoms with Crippen LogP contribution in [0.1, 0.15) is 163 Å². The zero-order chi connectivity index (χ0) is 68.3. The Morgan fingerprint density at radius 3 is 1.35 bits per heavy atom. The van der Waals surface area contributed by atoms with Gasteiger partial charge in [0, 0.05) is 56.3 Å². The van der Waals surface area contributed by atoms with E-state index in [1.807, 2.05) is 61.5 Å². The fraction of sp³-hybridized carbons (Fsp3) is 0.781. The highest BCUT2D eigenvalue weighted by molar-refractivity contribution is 5.99. The summed E-state index contributed by atoms with van der Waals surface area (Å²) in [4.78, 5) is 183. The molecule has 12 atom stereocenters. The molecule has 0 radical (unpaired) electrons. The van der Waals surface area contributed by atoms with Gasteiger partial charge in [-0.05, 0) is 101 Å². The Morgan fingerprint density at radius 2 is 0.909 bits per heavy atom. The maximum Gasteiger partial charge on any atom is 0.303 e. The van der Waals surface area contributed by atoms with Crippen LogP contribution in [0, 0.1) is 41.4 Å². The summed E-state index contributed by atoms with van der Waals surface area (Å²) in [6.07, 6.45) is 3.15. The summed E-state index contributed by atoms with van der Waals surface area (Å²) < 4.78 is 5.93. The Bertz CT molecular complexity index is 2450. The third-order valence-electron chi connectivity index (χ3n) is 16.3. The summed E-state index contributed by atoms with van der Waals surface area (Å²) in [6.45, 7) is 30.4. The molecule has 0 aromatic heterocycles. The molecule has 24 heteroatoms. The average Bonchev–Trinajstić information content (AvgIpc) is 2.69. The number of nitrogens with zero attached hydrogens (tertiary/aromatic N) is 7. The van der Waals surface area contributed by atoms with Gasteiger partial charge >= 0.3 is 5.97 Å². The first kappa shape index (κ1) is 79.4. The zero-order valence-corrected chi connectivity index (χ0v) is 57.9. The molecule has 0 unspecified atom stereocenters. The summed E-state index contributed by atoms with van der Waals surface area (Å²) in [5.74, 6) is -10.7. The van der Waals surface area contributed by atoms with Crippen molar-refractivity contribution in [2.45, 2.75) is 230 Å². The smallest absolute Gasteiger partial charge is 0.303 e. The fourth-order valence-corrected chi connectivity index (χ4v) is 11.0. The predicted molar refractivity (Wildman–Crippen MR) is 338 cm³/mol. The second-order valence-electron chi connectivity index (χ2n) is 26.7. The van der Waals surface area contributed by atoms with E-state index in [0.29, 0.717) is 6.42 Å². The highest BCUT2D eigenvalue weighted by atomic mass is 16.5. The molecule has 24 nitrogen and oxygen atoms in total. The minimum absolute atomic E-state index is 0.00279. The van der Waals surface area contributed by atoms with Crippen LogP contribution in [0.25, 0.3) is 0 Å². The molecule has 1 fully saturated rings. The monoisotopic (exact) mass is 1240 g/mol. The third kappa shape index (κ3) is 22.5. The standard InChI is InChI=1S/C64H113N11O13/c1-26-28-29-41(15)54(88-44(18)76)53-58(81)67-45(27-2)60(83)69(19)34-50(77)70(20)46(30-35(3)4)57(80)68-51(39(11)12)63(86)71(21)47(31-36(5)6)56(79)65-42(16)55(78)66-43(17)59(82)72(22)48(32-37(7)8)61(84)73(23)49(33-38(9)10)62(85)74(24)52(40(13)14)64(87)75(53)25/h26,28,35-43,45-49,51-54H,27,29-34H2,1-25H3,(H,65,79)(H,66,78)(H,67,81)(H,68,80)/b28-26-/t41-,42+,43-,45+,46+,47+,48+,49+,51+,52+,53+,54-/m1/s1. The second kappa shape index (κ2) is 36.1. The minimum Gasteiger partial charge on any atom is -0.459 e. The molecule has 1 saturated heterocycles. The van der Waals surface area contributed by atoms with Gasteiger partial charge in [0.25, 0.3) is 0 Å². The predicted octanol–water partition coefficient (Wildman–Crippen LogP) is 3.84. The summed E-state index contributed by atoms with van der Waals surface area (Å²) in [6, 6.07) is -12.5. The zero-order valence-electron chi connectivity index (χ0n) is 57.9. The molecule has 0 saturated carbocycles. The lowest BCUT2D eigenvalue weighted by atomic mass is 9.91. The van der Waals surface area contributed by atoms with Crippen molar-refractivity contribution >= 4 is 70.9 Å². The first-order chi connectivity index (χ1) is 40.6. The van der Waals surface area contributed by atoms with E-state index in [4.69, 9.17) is 4.74 Å². The van der Waals surface area contributed by atoms with E-state index < -0.39 is 162 Å². The number of hydrogen-bond donors (Lipinski definition) is 4. The van der Waals surface area contributed by atoms with E-state index >= 15 is 19.2 Å². The van der Waals surface area contributed by atoms with Crippen molar-refractivity contribution in [2.24, 2.45) is 41.4 Å². The number of amides is 11. The van der Waals surface area contributed by atoms with Gasteiger partial charge in [-0.2, -0.15) is 0 Å². The second-order valence-corrected chi connectivity index (χ2v) is 26.7. The molecule has 1 heterocycles. The molecule has 4 N–H and O–H groups in total. The molecule has 502 valence electrons. The van der Waals surface area contributed by atoms with Crippen LogP contribution >= 0.6 is 0 Å². The van der Waals surface area contributed by atoms with Crippen molar-refractivity contribution in [1.82, 2.24) is 55.6 Å².